The first-order valence-corrected chi connectivity index (χ1v) is 9.04. The number of hydrogen-bond acceptors (Lipinski definition) is 2. The van der Waals surface area contributed by atoms with E-state index < -0.39 is 23.7 Å². The average Bonchev–Trinajstić information content (AvgIpc) is 3.08. The SMILES string of the molecule is O=C(Nc1ccc(-n2c(C(F)(F)F)nc3ccccc32)c(Cl)c1)c1ccccc1F. The van der Waals surface area contributed by atoms with Crippen LogP contribution >= 0.6 is 11.6 Å². The van der Waals surface area contributed by atoms with Gasteiger partial charge < -0.3 is 5.32 Å². The van der Waals surface area contributed by atoms with E-state index in [-0.39, 0.29) is 33.0 Å². The van der Waals surface area contributed by atoms with Crippen molar-refractivity contribution in [2.24, 2.45) is 0 Å². The number of nitrogens with zero attached hydrogens (tertiary/aromatic N) is 2. The zero-order valence-corrected chi connectivity index (χ0v) is 15.8. The maximum absolute atomic E-state index is 13.8. The van der Waals surface area contributed by atoms with Crippen molar-refractivity contribution in [2.75, 3.05) is 5.32 Å². The van der Waals surface area contributed by atoms with Crippen LogP contribution in [-0.2, 0) is 6.18 Å². The van der Waals surface area contributed by atoms with Crippen LogP contribution in [0.2, 0.25) is 5.02 Å². The average molecular weight is 434 g/mol. The maximum Gasteiger partial charge on any atom is 0.450 e. The molecule has 1 amide bonds. The van der Waals surface area contributed by atoms with Gasteiger partial charge in [-0.25, -0.2) is 9.37 Å². The minimum absolute atomic E-state index is 0.0431. The van der Waals surface area contributed by atoms with Crippen LogP contribution in [0.15, 0.2) is 66.7 Å². The second-order valence-corrected chi connectivity index (χ2v) is 6.76. The highest BCUT2D eigenvalue weighted by Gasteiger charge is 2.38. The van der Waals surface area contributed by atoms with Crippen molar-refractivity contribution in [3.05, 3.63) is 89.0 Å². The highest BCUT2D eigenvalue weighted by Crippen LogP contribution is 2.36. The fraction of sp³-hybridized carbons (Fsp3) is 0.0476. The summed E-state index contributed by atoms with van der Waals surface area (Å²) in [6.45, 7) is 0. The molecule has 4 aromatic rings. The zero-order chi connectivity index (χ0) is 21.5. The van der Waals surface area contributed by atoms with Gasteiger partial charge in [-0.05, 0) is 42.5 Å². The number of imidazole rings is 1. The fourth-order valence-corrected chi connectivity index (χ4v) is 3.33. The molecule has 0 saturated carbocycles. The Balaban J connectivity index is 1.75. The predicted octanol–water partition coefficient (Wildman–Crippen LogP) is 6.09. The van der Waals surface area contributed by atoms with E-state index in [0.717, 1.165) is 10.6 Å². The fourth-order valence-electron chi connectivity index (χ4n) is 3.07. The van der Waals surface area contributed by atoms with Gasteiger partial charge >= 0.3 is 6.18 Å². The first-order valence-electron chi connectivity index (χ1n) is 8.66. The third kappa shape index (κ3) is 3.61. The smallest absolute Gasteiger partial charge is 0.322 e. The number of amides is 1. The predicted molar refractivity (Wildman–Crippen MR) is 105 cm³/mol. The Hall–Kier alpha value is -3.39. The van der Waals surface area contributed by atoms with Crippen LogP contribution in [0.3, 0.4) is 0 Å². The number of hydrogen-bond donors (Lipinski definition) is 1. The lowest BCUT2D eigenvalue weighted by Gasteiger charge is -2.14. The second kappa shape index (κ2) is 7.46. The number of benzene rings is 3. The molecule has 0 fully saturated rings. The molecule has 4 nitrogen and oxygen atoms in total. The van der Waals surface area contributed by atoms with Gasteiger partial charge in [-0.2, -0.15) is 13.2 Å². The van der Waals surface area contributed by atoms with E-state index >= 15 is 0 Å². The van der Waals surface area contributed by atoms with Crippen molar-refractivity contribution in [3.8, 4) is 5.69 Å². The molecular formula is C21H12ClF4N3O. The van der Waals surface area contributed by atoms with Gasteiger partial charge in [0.2, 0.25) is 5.82 Å². The molecule has 1 heterocycles. The molecule has 0 spiro atoms. The standard InChI is InChI=1S/C21H12ClF4N3O/c22-14-11-12(27-19(30)13-5-1-2-6-15(13)23)9-10-17(14)29-18-8-4-3-7-16(18)28-20(29)21(24,25)26/h1-11H,(H,27,30). The first-order chi connectivity index (χ1) is 14.3. The third-order valence-corrected chi connectivity index (χ3v) is 4.68. The van der Waals surface area contributed by atoms with Gasteiger partial charge in [0.15, 0.2) is 0 Å². The molecule has 30 heavy (non-hydrogen) atoms. The zero-order valence-electron chi connectivity index (χ0n) is 15.0. The van der Waals surface area contributed by atoms with E-state index in [1.54, 1.807) is 12.1 Å². The van der Waals surface area contributed by atoms with Crippen LogP contribution < -0.4 is 5.32 Å². The third-order valence-electron chi connectivity index (χ3n) is 4.38. The Bertz CT molecular complexity index is 1270. The van der Waals surface area contributed by atoms with Crippen molar-refractivity contribution >= 4 is 34.2 Å². The lowest BCUT2D eigenvalue weighted by Crippen LogP contribution is -2.15. The summed E-state index contributed by atoms with van der Waals surface area (Å²) in [6, 6.07) is 15.6. The molecule has 1 aromatic heterocycles. The van der Waals surface area contributed by atoms with Crippen LogP contribution in [0.4, 0.5) is 23.2 Å². The van der Waals surface area contributed by atoms with Gasteiger partial charge in [-0.1, -0.05) is 35.9 Å². The molecule has 0 unspecified atom stereocenters. The molecule has 9 heteroatoms. The van der Waals surface area contributed by atoms with Crippen molar-refractivity contribution in [2.45, 2.75) is 6.18 Å². The van der Waals surface area contributed by atoms with E-state index in [1.807, 2.05) is 0 Å². The number of carbonyl (C=O) groups excluding carboxylic acids is 1. The molecule has 0 aliphatic heterocycles. The van der Waals surface area contributed by atoms with E-state index in [4.69, 9.17) is 11.6 Å². The van der Waals surface area contributed by atoms with Crippen LogP contribution in [0.1, 0.15) is 16.2 Å². The molecule has 4 rings (SSSR count). The summed E-state index contributed by atoms with van der Waals surface area (Å²) < 4.78 is 55.4. The summed E-state index contributed by atoms with van der Waals surface area (Å²) >= 11 is 6.26. The number of anilines is 1. The van der Waals surface area contributed by atoms with Crippen LogP contribution in [0.25, 0.3) is 16.7 Å². The molecular weight excluding hydrogens is 422 g/mol. The summed E-state index contributed by atoms with van der Waals surface area (Å²) in [4.78, 5) is 16.0. The van der Waals surface area contributed by atoms with Crippen LogP contribution in [0.5, 0.6) is 0 Å². The van der Waals surface area contributed by atoms with Gasteiger partial charge in [0.1, 0.15) is 5.82 Å². The molecule has 0 aliphatic carbocycles. The van der Waals surface area contributed by atoms with Gasteiger partial charge in [0, 0.05) is 5.69 Å². The largest absolute Gasteiger partial charge is 0.450 e. The van der Waals surface area contributed by atoms with E-state index in [0.29, 0.717) is 0 Å². The Labute approximate surface area is 172 Å². The molecule has 0 aliphatic rings. The molecule has 0 saturated heterocycles. The van der Waals surface area contributed by atoms with Gasteiger partial charge in [-0.15, -0.1) is 0 Å². The lowest BCUT2D eigenvalue weighted by atomic mass is 10.2. The Morgan fingerprint density at radius 2 is 1.70 bits per heavy atom. The van der Waals surface area contributed by atoms with Crippen LogP contribution in [-0.4, -0.2) is 15.5 Å². The number of halogens is 5. The number of alkyl halides is 3. The normalized spacial score (nSPS) is 11.6. The molecule has 0 atom stereocenters. The Morgan fingerprint density at radius 3 is 2.40 bits per heavy atom. The monoisotopic (exact) mass is 433 g/mol. The van der Waals surface area contributed by atoms with Crippen molar-refractivity contribution < 1.29 is 22.4 Å². The molecule has 0 bridgehead atoms. The summed E-state index contributed by atoms with van der Waals surface area (Å²) in [5.74, 6) is -2.52. The number of aromatic nitrogens is 2. The highest BCUT2D eigenvalue weighted by molar-refractivity contribution is 6.33. The van der Waals surface area contributed by atoms with Crippen molar-refractivity contribution in [3.63, 3.8) is 0 Å². The van der Waals surface area contributed by atoms with Gasteiger partial charge in [0.05, 0.1) is 27.3 Å². The van der Waals surface area contributed by atoms with Gasteiger partial charge in [-0.3, -0.25) is 9.36 Å². The number of rotatable bonds is 3. The van der Waals surface area contributed by atoms with E-state index in [1.165, 1.54) is 48.5 Å². The minimum Gasteiger partial charge on any atom is -0.322 e. The van der Waals surface area contributed by atoms with Crippen LogP contribution in [0, 0.1) is 5.82 Å². The summed E-state index contributed by atoms with van der Waals surface area (Å²) in [6.07, 6.45) is -4.71. The van der Waals surface area contributed by atoms with E-state index in [2.05, 4.69) is 10.3 Å². The highest BCUT2D eigenvalue weighted by atomic mass is 35.5. The summed E-state index contributed by atoms with van der Waals surface area (Å²) in [7, 11) is 0. The number of fused-ring (bicyclic) bond motifs is 1. The lowest BCUT2D eigenvalue weighted by molar-refractivity contribution is -0.145. The first kappa shape index (κ1) is 19.9. The molecule has 0 radical (unpaired) electrons. The topological polar surface area (TPSA) is 46.9 Å². The summed E-state index contributed by atoms with van der Waals surface area (Å²) in [5.41, 5.74) is 0.474. The quantitative estimate of drug-likeness (QED) is 0.397. The van der Waals surface area contributed by atoms with Crippen molar-refractivity contribution in [1.82, 2.24) is 9.55 Å². The summed E-state index contributed by atoms with van der Waals surface area (Å²) in [5, 5.41) is 2.44. The van der Waals surface area contributed by atoms with E-state index in [9.17, 15) is 22.4 Å². The molecule has 152 valence electrons. The Kier molecular flexibility index (Phi) is 4.95. The maximum atomic E-state index is 13.8. The molecule has 3 aromatic carbocycles. The minimum atomic E-state index is -4.71. The number of para-hydroxylation sites is 2. The Morgan fingerprint density at radius 1 is 1.00 bits per heavy atom. The van der Waals surface area contributed by atoms with Gasteiger partial charge in [0.25, 0.3) is 5.91 Å². The second-order valence-electron chi connectivity index (χ2n) is 6.36. The van der Waals surface area contributed by atoms with Crippen molar-refractivity contribution in [1.29, 1.82) is 0 Å². The molecule has 1 N–H and O–H groups in total. The number of nitrogens with one attached hydrogen (secondary N) is 1. The number of carbonyl (C=O) groups is 1.